The molecule has 1 spiro atoms. The lowest BCUT2D eigenvalue weighted by molar-refractivity contribution is 0.353. The predicted octanol–water partition coefficient (Wildman–Crippen LogP) is 12.0. The molecule has 0 bridgehead atoms. The molecule has 9 rings (SSSR count). The highest BCUT2D eigenvalue weighted by Crippen LogP contribution is 2.57. The van der Waals surface area contributed by atoms with E-state index in [2.05, 4.69) is 108 Å². The molecule has 4 heteroatoms. The summed E-state index contributed by atoms with van der Waals surface area (Å²) in [7, 11) is 0. The lowest BCUT2D eigenvalue weighted by atomic mass is 9.67. The van der Waals surface area contributed by atoms with Crippen LogP contribution in [0.15, 0.2) is 146 Å². The molecule has 238 valence electrons. The molecule has 1 fully saturated rings. The molecule has 1 saturated carbocycles. The molecule has 1 aromatic heterocycles. The van der Waals surface area contributed by atoms with E-state index in [1.807, 2.05) is 42.5 Å². The molecule has 0 aliphatic heterocycles. The Morgan fingerprint density at radius 2 is 0.900 bits per heavy atom. The number of hydrogen-bond acceptors (Lipinski definition) is 3. The summed E-state index contributed by atoms with van der Waals surface area (Å²) in [6.45, 7) is 7.61. The number of rotatable bonds is 5. The van der Waals surface area contributed by atoms with Crippen molar-refractivity contribution in [3.8, 4) is 67.5 Å². The quantitative estimate of drug-likeness (QED) is 0.175. The van der Waals surface area contributed by atoms with Crippen molar-refractivity contribution in [2.45, 2.75) is 37.5 Å². The second kappa shape index (κ2) is 12.4. The van der Waals surface area contributed by atoms with Gasteiger partial charge in [0.2, 0.25) is 0 Å². The molecule has 50 heavy (non-hydrogen) atoms. The van der Waals surface area contributed by atoms with E-state index in [9.17, 15) is 0 Å². The first kappa shape index (κ1) is 29.9. The highest BCUT2D eigenvalue weighted by Gasteiger charge is 2.43. The van der Waals surface area contributed by atoms with Gasteiger partial charge >= 0.3 is 0 Å². The molecule has 0 N–H and O–H groups in total. The number of hydrogen-bond donors (Lipinski definition) is 0. The maximum absolute atomic E-state index is 7.61. The topological polar surface area (TPSA) is 43.0 Å². The summed E-state index contributed by atoms with van der Waals surface area (Å²) in [5.74, 6) is 1.95. The zero-order valence-electron chi connectivity index (χ0n) is 27.7. The summed E-state index contributed by atoms with van der Waals surface area (Å²) < 4.78 is 0. The molecule has 0 atom stereocenters. The summed E-state index contributed by atoms with van der Waals surface area (Å²) in [6.07, 6.45) is 6.08. The van der Waals surface area contributed by atoms with Crippen molar-refractivity contribution < 1.29 is 0 Å². The fourth-order valence-electron chi connectivity index (χ4n) is 8.04. The van der Waals surface area contributed by atoms with Crippen LogP contribution in [0.5, 0.6) is 0 Å². The molecule has 2 aliphatic carbocycles. The second-order valence-corrected chi connectivity index (χ2v) is 13.4. The van der Waals surface area contributed by atoms with E-state index < -0.39 is 0 Å². The van der Waals surface area contributed by atoms with Gasteiger partial charge in [-0.15, -0.1) is 0 Å². The monoisotopic (exact) mass is 642 g/mol. The molecular weight excluding hydrogens is 609 g/mol. The van der Waals surface area contributed by atoms with Crippen molar-refractivity contribution in [1.82, 2.24) is 15.0 Å². The third-order valence-corrected chi connectivity index (χ3v) is 10.6. The SMILES string of the molecule is [C-]#[N+]c1ccc2c(c1)-c1ccc(-c3ccc(-c4nc(-c5ccccc5)nc(-c5ccc(-c6ccccc6)cc5)n4)cc3)cc1C21CCCCC1. The molecule has 0 unspecified atom stereocenters. The van der Waals surface area contributed by atoms with Crippen molar-refractivity contribution in [1.29, 1.82) is 0 Å². The zero-order chi connectivity index (χ0) is 33.5. The van der Waals surface area contributed by atoms with Gasteiger partial charge in [-0.05, 0) is 69.5 Å². The molecular formula is C46H34N4. The van der Waals surface area contributed by atoms with Gasteiger partial charge in [0.05, 0.1) is 6.57 Å². The van der Waals surface area contributed by atoms with Gasteiger partial charge < -0.3 is 0 Å². The average molecular weight is 643 g/mol. The highest BCUT2D eigenvalue weighted by atomic mass is 15.0. The summed E-state index contributed by atoms with van der Waals surface area (Å²) in [6, 6.07) is 50.8. The van der Waals surface area contributed by atoms with Crippen LogP contribution in [0.3, 0.4) is 0 Å². The first-order valence-corrected chi connectivity index (χ1v) is 17.4. The molecule has 1 heterocycles. The molecule has 7 aromatic rings. The first-order chi connectivity index (χ1) is 24.7. The van der Waals surface area contributed by atoms with Crippen molar-refractivity contribution >= 4 is 5.69 Å². The van der Waals surface area contributed by atoms with Crippen LogP contribution in [-0.4, -0.2) is 15.0 Å². The van der Waals surface area contributed by atoms with E-state index >= 15 is 0 Å². The first-order valence-electron chi connectivity index (χ1n) is 17.4. The summed E-state index contributed by atoms with van der Waals surface area (Å²) in [5, 5.41) is 0. The summed E-state index contributed by atoms with van der Waals surface area (Å²) >= 11 is 0. The van der Waals surface area contributed by atoms with Gasteiger partial charge in [0.15, 0.2) is 23.2 Å². The zero-order valence-corrected chi connectivity index (χ0v) is 27.7. The highest BCUT2D eigenvalue weighted by molar-refractivity contribution is 5.86. The van der Waals surface area contributed by atoms with Gasteiger partial charge in [-0.3, -0.25) is 0 Å². The van der Waals surface area contributed by atoms with Gasteiger partial charge in [0.1, 0.15) is 0 Å². The van der Waals surface area contributed by atoms with Crippen LogP contribution in [0.2, 0.25) is 0 Å². The van der Waals surface area contributed by atoms with Crippen LogP contribution < -0.4 is 0 Å². The van der Waals surface area contributed by atoms with Crippen LogP contribution >= 0.6 is 0 Å². The van der Waals surface area contributed by atoms with Gasteiger partial charge in [-0.25, -0.2) is 19.8 Å². The van der Waals surface area contributed by atoms with E-state index in [-0.39, 0.29) is 5.41 Å². The van der Waals surface area contributed by atoms with Gasteiger partial charge in [0, 0.05) is 22.1 Å². The van der Waals surface area contributed by atoms with Crippen LogP contribution in [-0.2, 0) is 5.41 Å². The molecule has 6 aromatic carbocycles. The van der Waals surface area contributed by atoms with Crippen molar-refractivity contribution in [3.63, 3.8) is 0 Å². The molecule has 2 aliphatic rings. The van der Waals surface area contributed by atoms with E-state index in [1.54, 1.807) is 0 Å². The minimum absolute atomic E-state index is 0.0356. The van der Waals surface area contributed by atoms with E-state index in [4.69, 9.17) is 21.5 Å². The minimum Gasteiger partial charge on any atom is -0.238 e. The van der Waals surface area contributed by atoms with Crippen LogP contribution in [0.25, 0.3) is 72.4 Å². The maximum Gasteiger partial charge on any atom is 0.187 e. The fourth-order valence-corrected chi connectivity index (χ4v) is 8.04. The molecule has 0 amide bonds. The van der Waals surface area contributed by atoms with Gasteiger partial charge in [-0.2, -0.15) is 0 Å². The van der Waals surface area contributed by atoms with E-state index in [0.717, 1.165) is 40.7 Å². The minimum atomic E-state index is 0.0356. The number of aromatic nitrogens is 3. The lowest BCUT2D eigenvalue weighted by Crippen LogP contribution is -2.28. The third-order valence-electron chi connectivity index (χ3n) is 10.6. The largest absolute Gasteiger partial charge is 0.238 e. The predicted molar refractivity (Wildman–Crippen MR) is 203 cm³/mol. The number of fused-ring (bicyclic) bond motifs is 5. The van der Waals surface area contributed by atoms with Crippen LogP contribution in [0.4, 0.5) is 5.69 Å². The Bertz CT molecular complexity index is 2380. The standard InChI is InChI=1S/C46H34N4/c1-47-38-24-26-41-40(30-38)39-25-23-37(29-42(39)46(41)27-9-4-10-28-46)33-17-21-36(22-18-33)45-49-43(34-13-7-3-8-14-34)48-44(50-45)35-19-15-32(16-20-35)31-11-5-2-6-12-31/h2-3,5-8,11-26,29-30H,4,9-10,27-28H2. The molecule has 0 saturated heterocycles. The molecule has 0 radical (unpaired) electrons. The Balaban J connectivity index is 1.08. The van der Waals surface area contributed by atoms with Gasteiger partial charge in [0.25, 0.3) is 0 Å². The Kier molecular flexibility index (Phi) is 7.40. The maximum atomic E-state index is 7.61. The Morgan fingerprint density at radius 1 is 0.420 bits per heavy atom. The van der Waals surface area contributed by atoms with E-state index in [0.29, 0.717) is 23.2 Å². The fraction of sp³-hybridized carbons (Fsp3) is 0.130. The third kappa shape index (κ3) is 5.19. The molecule has 4 nitrogen and oxygen atoms in total. The Morgan fingerprint density at radius 3 is 1.48 bits per heavy atom. The summed E-state index contributed by atoms with van der Waals surface area (Å²) in [5.41, 5.74) is 13.6. The number of benzene rings is 6. The van der Waals surface area contributed by atoms with Gasteiger partial charge in [-0.1, -0.05) is 153 Å². The summed E-state index contributed by atoms with van der Waals surface area (Å²) in [4.78, 5) is 18.6. The van der Waals surface area contributed by atoms with Crippen molar-refractivity contribution in [2.24, 2.45) is 0 Å². The Labute approximate surface area is 293 Å². The van der Waals surface area contributed by atoms with Crippen LogP contribution in [0, 0.1) is 6.57 Å². The lowest BCUT2D eigenvalue weighted by Gasteiger charge is -2.36. The smallest absolute Gasteiger partial charge is 0.187 e. The normalized spacial score (nSPS) is 14.1. The van der Waals surface area contributed by atoms with Crippen molar-refractivity contribution in [2.75, 3.05) is 0 Å². The van der Waals surface area contributed by atoms with Crippen molar-refractivity contribution in [3.05, 3.63) is 168 Å². The average Bonchev–Trinajstić information content (AvgIpc) is 3.46. The Hall–Kier alpha value is -6.18. The van der Waals surface area contributed by atoms with E-state index in [1.165, 1.54) is 52.6 Å². The number of nitrogens with zero attached hydrogens (tertiary/aromatic N) is 4. The van der Waals surface area contributed by atoms with Crippen LogP contribution in [0.1, 0.15) is 43.2 Å². The second-order valence-electron chi connectivity index (χ2n) is 13.4.